The molecule has 2 heterocycles. The van der Waals surface area contributed by atoms with Gasteiger partial charge in [-0.15, -0.1) is 0 Å². The van der Waals surface area contributed by atoms with E-state index in [4.69, 9.17) is 31.9 Å². The lowest BCUT2D eigenvalue weighted by molar-refractivity contribution is -0.295. The van der Waals surface area contributed by atoms with Crippen LogP contribution in [0.3, 0.4) is 0 Å². The van der Waals surface area contributed by atoms with Gasteiger partial charge in [0.15, 0.2) is 11.7 Å². The van der Waals surface area contributed by atoms with E-state index in [1.165, 1.54) is 6.26 Å². The highest BCUT2D eigenvalue weighted by molar-refractivity contribution is 6.99. The van der Waals surface area contributed by atoms with Crippen molar-refractivity contribution >= 4 is 38.4 Å². The number of esters is 1. The molecule has 0 aliphatic carbocycles. The predicted molar refractivity (Wildman–Crippen MR) is 240 cm³/mol. The highest BCUT2D eigenvalue weighted by Crippen LogP contribution is 2.42. The number of hydrogen-bond donors (Lipinski definition) is 1. The van der Waals surface area contributed by atoms with Gasteiger partial charge in [0.25, 0.3) is 8.32 Å². The normalized spacial score (nSPS) is 21.0. The summed E-state index contributed by atoms with van der Waals surface area (Å²) in [4.78, 5) is 17.1. The minimum atomic E-state index is -3.17. The minimum Gasteiger partial charge on any atom is -0.459 e. The van der Waals surface area contributed by atoms with Gasteiger partial charge in [-0.05, 0) is 48.3 Å². The van der Waals surface area contributed by atoms with E-state index >= 15 is 0 Å². The maximum Gasteiger partial charge on any atom is 0.378 e. The van der Waals surface area contributed by atoms with Gasteiger partial charge in [0.1, 0.15) is 18.6 Å². The van der Waals surface area contributed by atoms with E-state index in [0.29, 0.717) is 18.0 Å². The first-order valence-corrected chi connectivity index (χ1v) is 24.6. The number of carbonyl (C=O) groups excluding carboxylic acids is 1. The Labute approximate surface area is 360 Å². The Bertz CT molecular complexity index is 1960. The molecule has 0 saturated carbocycles. The van der Waals surface area contributed by atoms with E-state index in [9.17, 15) is 9.90 Å². The van der Waals surface area contributed by atoms with Crippen LogP contribution >= 0.6 is 0 Å². The second-order valence-corrected chi connectivity index (χ2v) is 27.3. The monoisotopic (exact) mass is 857 g/mol. The molecule has 0 amide bonds. The van der Waals surface area contributed by atoms with Crippen LogP contribution in [0.5, 0.6) is 0 Å². The second kappa shape index (κ2) is 19.1. The number of ether oxygens (including phenoxy) is 3. The minimum absolute atomic E-state index is 0.0288. The molecule has 0 bridgehead atoms. The number of rotatable bonds is 16. The molecule has 12 heteroatoms. The number of aromatic nitrogens is 1. The molecule has 1 saturated heterocycles. The summed E-state index contributed by atoms with van der Waals surface area (Å²) >= 11 is 0. The first-order valence-electron chi connectivity index (χ1n) is 20.9. The van der Waals surface area contributed by atoms with Crippen molar-refractivity contribution in [3.63, 3.8) is 0 Å². The number of aliphatic hydroxyl groups excluding tert-OH is 1. The fourth-order valence-corrected chi connectivity index (χ4v) is 16.4. The van der Waals surface area contributed by atoms with Crippen LogP contribution in [0.4, 0.5) is 0 Å². The highest BCUT2D eigenvalue weighted by atomic mass is 28.4. The molecule has 1 aliphatic heterocycles. The number of aliphatic hydroxyl groups is 1. The summed E-state index contributed by atoms with van der Waals surface area (Å²) in [6.07, 6.45) is 2.04. The van der Waals surface area contributed by atoms with Crippen molar-refractivity contribution < 1.29 is 41.8 Å². The largest absolute Gasteiger partial charge is 0.459 e. The van der Waals surface area contributed by atoms with Crippen molar-refractivity contribution in [1.29, 1.82) is 0 Å². The Morgan fingerprint density at radius 1 is 0.867 bits per heavy atom. The van der Waals surface area contributed by atoms with E-state index < -0.39 is 46.4 Å². The van der Waals surface area contributed by atoms with Gasteiger partial charge in [0.2, 0.25) is 0 Å². The van der Waals surface area contributed by atoms with E-state index in [-0.39, 0.29) is 42.1 Å². The maximum absolute atomic E-state index is 12.5. The van der Waals surface area contributed by atoms with Crippen LogP contribution in [-0.4, -0.2) is 77.9 Å². The molecule has 1 aliphatic rings. The summed E-state index contributed by atoms with van der Waals surface area (Å²) in [5.41, 5.74) is 0.749. The van der Waals surface area contributed by atoms with Crippen molar-refractivity contribution in [3.05, 3.63) is 120 Å². The van der Waals surface area contributed by atoms with Crippen LogP contribution in [0.15, 0.2) is 113 Å². The Morgan fingerprint density at radius 3 is 1.90 bits per heavy atom. The van der Waals surface area contributed by atoms with Crippen LogP contribution in [0.2, 0.25) is 10.1 Å². The van der Waals surface area contributed by atoms with E-state index in [1.807, 2.05) is 37.3 Å². The molecule has 1 unspecified atom stereocenters. The molecule has 1 aromatic heterocycles. The molecule has 3 aromatic carbocycles. The fraction of sp³-hybridized carbons (Fsp3) is 0.500. The van der Waals surface area contributed by atoms with Crippen LogP contribution in [-0.2, 0) is 45.3 Å². The topological polar surface area (TPSA) is 119 Å². The zero-order chi connectivity index (χ0) is 44.0. The molecule has 5 atom stereocenters. The van der Waals surface area contributed by atoms with E-state index in [1.54, 1.807) is 35.0 Å². The summed E-state index contributed by atoms with van der Waals surface area (Å²) in [6, 6.07) is 31.2. The molecular formula is C48H67NO9Si2. The molecule has 1 fully saturated rings. The third-order valence-corrected chi connectivity index (χ3v) is 20.5. The van der Waals surface area contributed by atoms with Crippen molar-refractivity contribution in [2.75, 3.05) is 20.8 Å². The average Bonchev–Trinajstić information content (AvgIpc) is 3.65. The van der Waals surface area contributed by atoms with Gasteiger partial charge in [-0.1, -0.05) is 144 Å². The average molecular weight is 858 g/mol. The zero-order valence-electron chi connectivity index (χ0n) is 37.7. The van der Waals surface area contributed by atoms with Gasteiger partial charge in [-0.2, -0.15) is 0 Å². The summed E-state index contributed by atoms with van der Waals surface area (Å²) < 4.78 is 45.9. The first kappa shape index (κ1) is 47.3. The Balaban J connectivity index is 1.57. The zero-order valence-corrected chi connectivity index (χ0v) is 39.7. The Morgan fingerprint density at radius 2 is 1.42 bits per heavy atom. The lowest BCUT2D eigenvalue weighted by Crippen LogP contribution is -2.69. The van der Waals surface area contributed by atoms with Crippen molar-refractivity contribution in [3.8, 4) is 0 Å². The Kier molecular flexibility index (Phi) is 15.1. The molecule has 0 radical (unpaired) electrons. The second-order valence-electron chi connectivity index (χ2n) is 19.1. The highest BCUT2D eigenvalue weighted by Gasteiger charge is 2.54. The first-order chi connectivity index (χ1) is 28.2. The van der Waals surface area contributed by atoms with Gasteiger partial charge in [0.05, 0.1) is 36.8 Å². The molecule has 10 nitrogen and oxygen atoms in total. The number of carbonyl (C=O) groups is 1. The fourth-order valence-electron chi connectivity index (χ4n) is 8.21. The van der Waals surface area contributed by atoms with Gasteiger partial charge in [0, 0.05) is 32.1 Å². The summed E-state index contributed by atoms with van der Waals surface area (Å²) in [6.45, 7) is 20.9. The van der Waals surface area contributed by atoms with Gasteiger partial charge >= 0.3 is 14.5 Å². The Hall–Kier alpha value is -3.73. The standard InChI is InChI=1S/C48H67NO9Si2/c1-35(32-56-60(53-12,47(8,9)10)40-26-20-15-21-27-40)28-42(58-59(46(5,6)7,38-22-16-13-17-23-38)39-24-18-14-19-25-39)41-29-37(50)30-48(52-11,57-41)31-43-49-36(33-54-43)34-55-44(51)45(2,3)4/h13-28,33,37,41-42,50H,29-32,34H2,1-12H3/b35-28+/t37-,41-,42-,48+,60?/m1/s1. The number of hydrogen-bond acceptors (Lipinski definition) is 10. The maximum atomic E-state index is 12.5. The number of oxazole rings is 1. The molecule has 5 rings (SSSR count). The molecule has 0 spiro atoms. The van der Waals surface area contributed by atoms with E-state index in [2.05, 4.69) is 113 Å². The lowest BCUT2D eigenvalue weighted by atomic mass is 9.93. The van der Waals surface area contributed by atoms with Gasteiger partial charge in [-0.25, -0.2) is 4.98 Å². The van der Waals surface area contributed by atoms with Crippen LogP contribution in [0.1, 0.15) is 93.7 Å². The molecule has 4 aromatic rings. The van der Waals surface area contributed by atoms with Crippen LogP contribution in [0.25, 0.3) is 0 Å². The SMILES string of the molecule is CO[C@@]1(Cc2nc(COC(=O)C(C)(C)C)co2)C[C@H](O)C[C@H]([C@@H](/C=C(\C)CO[Si](OC)(c2ccccc2)C(C)(C)C)O[Si](c2ccccc2)(c2ccccc2)C(C)(C)C)O1. The molecule has 326 valence electrons. The van der Waals surface area contributed by atoms with Crippen molar-refractivity contribution in [2.45, 2.75) is 129 Å². The molecule has 1 N–H and O–H groups in total. The quantitative estimate of drug-likeness (QED) is 0.0678. The number of nitrogens with zero attached hydrogens (tertiary/aromatic N) is 1. The number of benzene rings is 3. The third-order valence-electron chi connectivity index (χ3n) is 11.2. The summed E-state index contributed by atoms with van der Waals surface area (Å²) in [7, 11) is -2.85. The third kappa shape index (κ3) is 10.6. The summed E-state index contributed by atoms with van der Waals surface area (Å²) in [5, 5.41) is 14.4. The van der Waals surface area contributed by atoms with Crippen molar-refractivity contribution in [1.82, 2.24) is 4.98 Å². The number of methoxy groups -OCH3 is 1. The van der Waals surface area contributed by atoms with Gasteiger partial charge < -0.3 is 37.0 Å². The smallest absolute Gasteiger partial charge is 0.378 e. The van der Waals surface area contributed by atoms with Crippen LogP contribution in [0, 0.1) is 5.41 Å². The molecule has 60 heavy (non-hydrogen) atoms. The van der Waals surface area contributed by atoms with Crippen molar-refractivity contribution in [2.24, 2.45) is 5.41 Å². The predicted octanol–water partition coefficient (Wildman–Crippen LogP) is 7.89. The van der Waals surface area contributed by atoms with Gasteiger partial charge in [-0.3, -0.25) is 4.79 Å². The van der Waals surface area contributed by atoms with Crippen LogP contribution < -0.4 is 15.6 Å². The van der Waals surface area contributed by atoms with E-state index in [0.717, 1.165) is 21.1 Å². The molecular weight excluding hydrogens is 791 g/mol. The summed E-state index contributed by atoms with van der Waals surface area (Å²) in [5.74, 6) is -1.31. The lowest BCUT2D eigenvalue weighted by Gasteiger charge is -2.49.